The lowest BCUT2D eigenvalue weighted by Gasteiger charge is -2.31. The average molecular weight is 412 g/mol. The quantitative estimate of drug-likeness (QED) is 0.764. The summed E-state index contributed by atoms with van der Waals surface area (Å²) >= 11 is 0. The van der Waals surface area contributed by atoms with Crippen molar-refractivity contribution in [3.63, 3.8) is 0 Å². The zero-order valence-corrected chi connectivity index (χ0v) is 17.0. The fraction of sp³-hybridized carbons (Fsp3) is 0.350. The second-order valence-electron chi connectivity index (χ2n) is 6.25. The highest BCUT2D eigenvalue weighted by Crippen LogP contribution is 2.17. The lowest BCUT2D eigenvalue weighted by atomic mass is 10.2. The molecule has 3 rings (SSSR count). The first-order valence-electron chi connectivity index (χ1n) is 8.75. The van der Waals surface area contributed by atoms with E-state index in [1.54, 1.807) is 0 Å². The largest absolute Gasteiger partial charge is 0.489 e. The van der Waals surface area contributed by atoms with Gasteiger partial charge in [-0.2, -0.15) is 0 Å². The van der Waals surface area contributed by atoms with E-state index in [2.05, 4.69) is 15.5 Å². The molecule has 5 nitrogen and oxygen atoms in total. The lowest BCUT2D eigenvalue weighted by Crippen LogP contribution is -2.51. The van der Waals surface area contributed by atoms with Gasteiger partial charge in [0.05, 0.1) is 6.04 Å². The number of anilines is 1. The van der Waals surface area contributed by atoms with Crippen molar-refractivity contribution in [2.45, 2.75) is 19.6 Å². The molecule has 0 spiro atoms. The standard InChI is InChI=1S/C20H25N3O2.2ClH/c1-16(23-13-11-21-12-14-23)20(24)22-18-7-9-19(10-8-18)25-15-17-5-3-2-4-6-17;;/h2-10,16,21H,11-15H2,1H3,(H,22,24);2*1H. The van der Waals surface area contributed by atoms with Crippen LogP contribution < -0.4 is 15.4 Å². The van der Waals surface area contributed by atoms with Crippen molar-refractivity contribution in [1.82, 2.24) is 10.2 Å². The van der Waals surface area contributed by atoms with Crippen LogP contribution in [0.3, 0.4) is 0 Å². The molecule has 0 radical (unpaired) electrons. The number of carbonyl (C=O) groups is 1. The van der Waals surface area contributed by atoms with Crippen molar-refractivity contribution in [3.05, 3.63) is 60.2 Å². The topological polar surface area (TPSA) is 53.6 Å². The molecule has 2 aromatic rings. The van der Waals surface area contributed by atoms with E-state index in [0.717, 1.165) is 43.2 Å². The molecule has 0 aliphatic carbocycles. The lowest BCUT2D eigenvalue weighted by molar-refractivity contribution is -0.120. The summed E-state index contributed by atoms with van der Waals surface area (Å²) in [5, 5.41) is 6.28. The molecule has 7 heteroatoms. The van der Waals surface area contributed by atoms with Crippen molar-refractivity contribution in [1.29, 1.82) is 0 Å². The van der Waals surface area contributed by atoms with E-state index in [1.165, 1.54) is 0 Å². The van der Waals surface area contributed by atoms with Crippen molar-refractivity contribution < 1.29 is 9.53 Å². The number of nitrogens with zero attached hydrogens (tertiary/aromatic N) is 1. The Bertz CT molecular complexity index is 677. The summed E-state index contributed by atoms with van der Waals surface area (Å²) in [5.74, 6) is 0.817. The van der Waals surface area contributed by atoms with Gasteiger partial charge >= 0.3 is 0 Å². The van der Waals surface area contributed by atoms with Crippen LogP contribution in [0.25, 0.3) is 0 Å². The highest BCUT2D eigenvalue weighted by Gasteiger charge is 2.22. The van der Waals surface area contributed by atoms with Gasteiger partial charge in [-0.05, 0) is 36.8 Å². The Hall–Kier alpha value is -1.79. The van der Waals surface area contributed by atoms with Crippen LogP contribution in [-0.2, 0) is 11.4 Å². The van der Waals surface area contributed by atoms with Gasteiger partial charge in [0.1, 0.15) is 12.4 Å². The van der Waals surface area contributed by atoms with Crippen LogP contribution in [0.15, 0.2) is 54.6 Å². The molecule has 1 atom stereocenters. The number of halogens is 2. The minimum atomic E-state index is -0.129. The maximum atomic E-state index is 12.4. The van der Waals surface area contributed by atoms with Crippen LogP contribution in [0.2, 0.25) is 0 Å². The molecule has 1 fully saturated rings. The summed E-state index contributed by atoms with van der Waals surface area (Å²) in [5.41, 5.74) is 1.92. The molecule has 0 saturated carbocycles. The Kier molecular flexibility index (Phi) is 10.2. The number of nitrogens with one attached hydrogen (secondary N) is 2. The molecule has 1 heterocycles. The number of hydrogen-bond donors (Lipinski definition) is 2. The van der Waals surface area contributed by atoms with Gasteiger partial charge in [0.2, 0.25) is 5.91 Å². The fourth-order valence-corrected chi connectivity index (χ4v) is 2.86. The van der Waals surface area contributed by atoms with Crippen LogP contribution in [-0.4, -0.2) is 43.0 Å². The third-order valence-corrected chi connectivity index (χ3v) is 4.45. The summed E-state index contributed by atoms with van der Waals surface area (Å²) in [6, 6.07) is 17.4. The predicted molar refractivity (Wildman–Crippen MR) is 114 cm³/mol. The van der Waals surface area contributed by atoms with E-state index in [1.807, 2.05) is 61.5 Å². The van der Waals surface area contributed by atoms with Crippen LogP contribution >= 0.6 is 24.8 Å². The first kappa shape index (κ1) is 23.2. The minimum absolute atomic E-state index is 0. The summed E-state index contributed by atoms with van der Waals surface area (Å²) in [6.45, 7) is 6.17. The highest BCUT2D eigenvalue weighted by atomic mass is 35.5. The van der Waals surface area contributed by atoms with Gasteiger partial charge in [-0.3, -0.25) is 9.69 Å². The van der Waals surface area contributed by atoms with Crippen LogP contribution in [0, 0.1) is 0 Å². The average Bonchev–Trinajstić information content (AvgIpc) is 2.68. The van der Waals surface area contributed by atoms with Crippen LogP contribution in [0.1, 0.15) is 12.5 Å². The van der Waals surface area contributed by atoms with Crippen molar-refractivity contribution in [2.24, 2.45) is 0 Å². The van der Waals surface area contributed by atoms with Gasteiger partial charge in [0, 0.05) is 31.9 Å². The summed E-state index contributed by atoms with van der Waals surface area (Å²) in [6.07, 6.45) is 0. The Labute approximate surface area is 173 Å². The number of piperazine rings is 1. The molecular formula is C20H27Cl2N3O2. The smallest absolute Gasteiger partial charge is 0.241 e. The third kappa shape index (κ3) is 7.03. The van der Waals surface area contributed by atoms with Crippen molar-refractivity contribution >= 4 is 36.4 Å². The molecule has 2 N–H and O–H groups in total. The molecule has 1 saturated heterocycles. The number of benzene rings is 2. The Morgan fingerprint density at radius 3 is 2.33 bits per heavy atom. The maximum Gasteiger partial charge on any atom is 0.241 e. The normalized spacial score (nSPS) is 15.0. The van der Waals surface area contributed by atoms with Gasteiger partial charge in [-0.1, -0.05) is 30.3 Å². The van der Waals surface area contributed by atoms with Crippen LogP contribution in [0.4, 0.5) is 5.69 Å². The Balaban J connectivity index is 0.00000182. The molecule has 0 aromatic heterocycles. The number of ether oxygens (including phenoxy) is 1. The zero-order valence-electron chi connectivity index (χ0n) is 15.4. The van der Waals surface area contributed by atoms with Gasteiger partial charge in [-0.15, -0.1) is 24.8 Å². The Morgan fingerprint density at radius 2 is 1.70 bits per heavy atom. The van der Waals surface area contributed by atoms with Crippen molar-refractivity contribution in [2.75, 3.05) is 31.5 Å². The second kappa shape index (κ2) is 11.8. The number of amides is 1. The SMILES string of the molecule is CC(C(=O)Nc1ccc(OCc2ccccc2)cc1)N1CCNCC1.Cl.Cl. The summed E-state index contributed by atoms with van der Waals surface area (Å²) in [7, 11) is 0. The predicted octanol–water partition coefficient (Wildman–Crippen LogP) is 3.34. The number of hydrogen-bond acceptors (Lipinski definition) is 4. The maximum absolute atomic E-state index is 12.4. The van der Waals surface area contributed by atoms with E-state index in [0.29, 0.717) is 6.61 Å². The van der Waals surface area contributed by atoms with E-state index in [4.69, 9.17) is 4.74 Å². The molecule has 1 aliphatic heterocycles. The number of carbonyl (C=O) groups excluding carboxylic acids is 1. The zero-order chi connectivity index (χ0) is 17.5. The van der Waals surface area contributed by atoms with Gasteiger partial charge in [0.25, 0.3) is 0 Å². The number of rotatable bonds is 6. The monoisotopic (exact) mass is 411 g/mol. The third-order valence-electron chi connectivity index (χ3n) is 4.45. The molecule has 148 valence electrons. The summed E-state index contributed by atoms with van der Waals surface area (Å²) < 4.78 is 5.77. The van der Waals surface area contributed by atoms with Gasteiger partial charge in [0.15, 0.2) is 0 Å². The molecule has 27 heavy (non-hydrogen) atoms. The molecule has 1 aliphatic rings. The van der Waals surface area contributed by atoms with Crippen LogP contribution in [0.5, 0.6) is 5.75 Å². The second-order valence-corrected chi connectivity index (χ2v) is 6.25. The minimum Gasteiger partial charge on any atom is -0.489 e. The van der Waals surface area contributed by atoms with E-state index in [-0.39, 0.29) is 36.8 Å². The van der Waals surface area contributed by atoms with E-state index in [9.17, 15) is 4.79 Å². The first-order valence-corrected chi connectivity index (χ1v) is 8.75. The highest BCUT2D eigenvalue weighted by molar-refractivity contribution is 5.94. The summed E-state index contributed by atoms with van der Waals surface area (Å²) in [4.78, 5) is 14.6. The molecule has 0 bridgehead atoms. The molecule has 1 unspecified atom stereocenters. The Morgan fingerprint density at radius 1 is 1.07 bits per heavy atom. The fourth-order valence-electron chi connectivity index (χ4n) is 2.86. The van der Waals surface area contributed by atoms with Crippen molar-refractivity contribution in [3.8, 4) is 5.75 Å². The van der Waals surface area contributed by atoms with Gasteiger partial charge < -0.3 is 15.4 Å². The molecular weight excluding hydrogens is 385 g/mol. The molecule has 2 aromatic carbocycles. The van der Waals surface area contributed by atoms with E-state index < -0.39 is 0 Å². The molecule has 1 amide bonds. The first-order chi connectivity index (χ1) is 12.2. The van der Waals surface area contributed by atoms with E-state index >= 15 is 0 Å². The van der Waals surface area contributed by atoms with Gasteiger partial charge in [-0.25, -0.2) is 0 Å².